The van der Waals surface area contributed by atoms with Crippen molar-refractivity contribution < 1.29 is 13.2 Å². The van der Waals surface area contributed by atoms with Gasteiger partial charge in [0.15, 0.2) is 0 Å². The predicted molar refractivity (Wildman–Crippen MR) is 103 cm³/mol. The average molecular weight is 397 g/mol. The maximum atomic E-state index is 12.7. The van der Waals surface area contributed by atoms with Crippen molar-refractivity contribution in [2.24, 2.45) is 5.92 Å². The van der Waals surface area contributed by atoms with Crippen LogP contribution in [0.25, 0.3) is 0 Å². The van der Waals surface area contributed by atoms with Crippen molar-refractivity contribution in [3.8, 4) is 0 Å². The lowest BCUT2D eigenvalue weighted by atomic mass is 9.99. The molecule has 1 aromatic carbocycles. The molecule has 0 aliphatic carbocycles. The zero-order valence-corrected chi connectivity index (χ0v) is 16.3. The Labute approximate surface area is 156 Å². The minimum Gasteiger partial charge on any atom is -0.326 e. The van der Waals surface area contributed by atoms with Gasteiger partial charge in [-0.1, -0.05) is 12.1 Å². The smallest absolute Gasteiger partial charge is 0.252 e. The molecule has 1 amide bonds. The van der Waals surface area contributed by atoms with Crippen LogP contribution in [-0.2, 0) is 14.8 Å². The summed E-state index contributed by atoms with van der Waals surface area (Å²) in [6.45, 7) is 0.695. The highest BCUT2D eigenvalue weighted by atomic mass is 32.2. The lowest BCUT2D eigenvalue weighted by Crippen LogP contribution is -2.43. The molecule has 0 bridgehead atoms. The van der Waals surface area contributed by atoms with Crippen molar-refractivity contribution in [3.05, 3.63) is 41.8 Å². The van der Waals surface area contributed by atoms with E-state index in [4.69, 9.17) is 0 Å². The van der Waals surface area contributed by atoms with Crippen LogP contribution in [0.3, 0.4) is 0 Å². The Morgan fingerprint density at radius 3 is 2.88 bits per heavy atom. The van der Waals surface area contributed by atoms with Crippen LogP contribution in [0, 0.1) is 5.92 Å². The fourth-order valence-electron chi connectivity index (χ4n) is 2.86. The van der Waals surface area contributed by atoms with Gasteiger partial charge in [-0.15, -0.1) is 23.1 Å². The zero-order chi connectivity index (χ0) is 17.9. The van der Waals surface area contributed by atoms with E-state index in [1.54, 1.807) is 29.3 Å². The fourth-order valence-corrected chi connectivity index (χ4v) is 5.99. The second-order valence-electron chi connectivity index (χ2n) is 5.86. The second-order valence-corrected chi connectivity index (χ2v) is 9.85. The number of carbonyl (C=O) groups is 1. The third kappa shape index (κ3) is 4.25. The predicted octanol–water partition coefficient (Wildman–Crippen LogP) is 3.51. The van der Waals surface area contributed by atoms with Gasteiger partial charge in [-0.25, -0.2) is 8.42 Å². The molecule has 1 saturated heterocycles. The first-order valence-electron chi connectivity index (χ1n) is 7.99. The largest absolute Gasteiger partial charge is 0.326 e. The molecule has 8 heteroatoms. The molecule has 134 valence electrons. The van der Waals surface area contributed by atoms with Gasteiger partial charge in [0.1, 0.15) is 4.21 Å². The van der Waals surface area contributed by atoms with Crippen LogP contribution >= 0.6 is 23.1 Å². The summed E-state index contributed by atoms with van der Waals surface area (Å²) in [5.41, 5.74) is 0.745. The Hall–Kier alpha value is -1.35. The third-order valence-corrected chi connectivity index (χ3v) is 8.14. The second kappa shape index (κ2) is 7.90. The zero-order valence-electron chi connectivity index (χ0n) is 13.8. The summed E-state index contributed by atoms with van der Waals surface area (Å²) in [6, 6.07) is 11.0. The number of anilines is 1. The Balaban J connectivity index is 1.69. The van der Waals surface area contributed by atoms with E-state index in [0.29, 0.717) is 23.6 Å². The van der Waals surface area contributed by atoms with E-state index in [9.17, 15) is 13.2 Å². The Kier molecular flexibility index (Phi) is 5.83. The third-order valence-electron chi connectivity index (χ3n) is 4.18. The molecule has 0 radical (unpaired) electrons. The summed E-state index contributed by atoms with van der Waals surface area (Å²) in [5, 5.41) is 4.67. The van der Waals surface area contributed by atoms with Gasteiger partial charge >= 0.3 is 0 Å². The van der Waals surface area contributed by atoms with Crippen LogP contribution in [0.4, 0.5) is 5.69 Å². The minimum atomic E-state index is -3.50. The standard InChI is InChI=1S/C17H20N2O3S3/c1-23-15-7-2-6-14(11-15)18-17(20)13-5-3-9-19(12-13)25(21,22)16-8-4-10-24-16/h2,4,6-8,10-11,13H,3,5,9,12H2,1H3,(H,18,20)/t13-/m1/s1. The minimum absolute atomic E-state index is 0.121. The van der Waals surface area contributed by atoms with Crippen molar-refractivity contribution in [2.45, 2.75) is 21.9 Å². The topological polar surface area (TPSA) is 66.5 Å². The summed E-state index contributed by atoms with van der Waals surface area (Å²) >= 11 is 2.82. The number of hydrogen-bond donors (Lipinski definition) is 1. The lowest BCUT2D eigenvalue weighted by molar-refractivity contribution is -0.120. The molecule has 3 rings (SSSR count). The molecule has 0 unspecified atom stereocenters. The van der Waals surface area contributed by atoms with E-state index >= 15 is 0 Å². The maximum absolute atomic E-state index is 12.7. The van der Waals surface area contributed by atoms with Gasteiger partial charge in [0.25, 0.3) is 10.0 Å². The van der Waals surface area contributed by atoms with Crippen molar-refractivity contribution in [2.75, 3.05) is 24.7 Å². The fraction of sp³-hybridized carbons (Fsp3) is 0.353. The van der Waals surface area contributed by atoms with Gasteiger partial charge in [-0.2, -0.15) is 4.31 Å². The van der Waals surface area contributed by atoms with Gasteiger partial charge in [0.2, 0.25) is 5.91 Å². The molecule has 1 N–H and O–H groups in total. The molecule has 1 aliphatic rings. The number of thiophene rings is 1. The summed E-state index contributed by atoms with van der Waals surface area (Å²) in [6.07, 6.45) is 3.37. The van der Waals surface area contributed by atoms with E-state index in [0.717, 1.165) is 10.6 Å². The Bertz CT molecular complexity index is 835. The highest BCUT2D eigenvalue weighted by Crippen LogP contribution is 2.27. The number of carbonyl (C=O) groups excluding carboxylic acids is 1. The molecule has 2 heterocycles. The molecule has 1 aliphatic heterocycles. The van der Waals surface area contributed by atoms with Crippen LogP contribution < -0.4 is 5.32 Å². The number of nitrogens with zero attached hydrogens (tertiary/aromatic N) is 1. The van der Waals surface area contributed by atoms with E-state index in [2.05, 4.69) is 5.32 Å². The molecule has 1 atom stereocenters. The van der Waals surface area contributed by atoms with Crippen LogP contribution in [-0.4, -0.2) is 38.0 Å². The number of rotatable bonds is 5. The van der Waals surface area contributed by atoms with Crippen LogP contribution in [0.2, 0.25) is 0 Å². The number of thioether (sulfide) groups is 1. The Morgan fingerprint density at radius 1 is 1.32 bits per heavy atom. The van der Waals surface area contributed by atoms with E-state index < -0.39 is 10.0 Å². The van der Waals surface area contributed by atoms with Crippen molar-refractivity contribution in [1.29, 1.82) is 0 Å². The van der Waals surface area contributed by atoms with E-state index in [1.165, 1.54) is 15.6 Å². The molecule has 1 fully saturated rings. The van der Waals surface area contributed by atoms with E-state index in [-0.39, 0.29) is 18.4 Å². The number of amides is 1. The van der Waals surface area contributed by atoms with Gasteiger partial charge in [-0.05, 0) is 48.7 Å². The van der Waals surface area contributed by atoms with Gasteiger partial charge in [0.05, 0.1) is 5.92 Å². The summed E-state index contributed by atoms with van der Waals surface area (Å²) in [5.74, 6) is -0.453. The first-order chi connectivity index (χ1) is 12.0. The number of nitrogens with one attached hydrogen (secondary N) is 1. The van der Waals surface area contributed by atoms with E-state index in [1.807, 2.05) is 30.5 Å². The van der Waals surface area contributed by atoms with Crippen LogP contribution in [0.1, 0.15) is 12.8 Å². The number of benzene rings is 1. The van der Waals surface area contributed by atoms with Crippen LogP contribution in [0.15, 0.2) is 50.9 Å². The molecule has 0 saturated carbocycles. The highest BCUT2D eigenvalue weighted by Gasteiger charge is 2.33. The number of piperidine rings is 1. The molecule has 1 aromatic heterocycles. The van der Waals surface area contributed by atoms with Gasteiger partial charge in [-0.3, -0.25) is 4.79 Å². The monoisotopic (exact) mass is 396 g/mol. The molecule has 0 spiro atoms. The SMILES string of the molecule is CSc1cccc(NC(=O)[C@@H]2CCCN(S(=O)(=O)c3cccs3)C2)c1. The van der Waals surface area contributed by atoms with Crippen molar-refractivity contribution in [3.63, 3.8) is 0 Å². The molecular weight excluding hydrogens is 376 g/mol. The summed E-state index contributed by atoms with van der Waals surface area (Å²) in [7, 11) is -3.50. The maximum Gasteiger partial charge on any atom is 0.252 e. The van der Waals surface area contributed by atoms with Crippen molar-refractivity contribution >= 4 is 44.7 Å². The summed E-state index contributed by atoms with van der Waals surface area (Å²) < 4.78 is 27.1. The molecule has 25 heavy (non-hydrogen) atoms. The van der Waals surface area contributed by atoms with Gasteiger partial charge < -0.3 is 5.32 Å². The molecular formula is C17H20N2O3S3. The number of sulfonamides is 1. The molecule has 2 aromatic rings. The molecule has 5 nitrogen and oxygen atoms in total. The normalized spacial score (nSPS) is 18.8. The summed E-state index contributed by atoms with van der Waals surface area (Å²) in [4.78, 5) is 13.7. The first kappa shape index (κ1) is 18.4. The van der Waals surface area contributed by atoms with Crippen molar-refractivity contribution in [1.82, 2.24) is 4.31 Å². The first-order valence-corrected chi connectivity index (χ1v) is 11.5. The average Bonchev–Trinajstić information content (AvgIpc) is 3.17. The lowest BCUT2D eigenvalue weighted by Gasteiger charge is -2.30. The number of hydrogen-bond acceptors (Lipinski definition) is 5. The van der Waals surface area contributed by atoms with Gasteiger partial charge in [0, 0.05) is 23.7 Å². The highest BCUT2D eigenvalue weighted by molar-refractivity contribution is 7.98. The Morgan fingerprint density at radius 2 is 2.16 bits per heavy atom. The van der Waals surface area contributed by atoms with Crippen LogP contribution in [0.5, 0.6) is 0 Å². The quantitative estimate of drug-likeness (QED) is 0.786.